The van der Waals surface area contributed by atoms with E-state index >= 15 is 0 Å². The number of anilines is 1. The molecule has 1 fully saturated rings. The van der Waals surface area contributed by atoms with Crippen molar-refractivity contribution in [2.75, 3.05) is 18.6 Å². The predicted molar refractivity (Wildman–Crippen MR) is 119 cm³/mol. The summed E-state index contributed by atoms with van der Waals surface area (Å²) < 4.78 is 5.79. The SMILES string of the molecule is CN1C(=O)[C@@H](NC(=O)C2=NN=C(Cc3ccccc3)C3CCC23)COc2ccccc21. The molecule has 0 saturated heterocycles. The quantitative estimate of drug-likeness (QED) is 0.832. The summed E-state index contributed by atoms with van der Waals surface area (Å²) in [6, 6.07) is 16.7. The standard InChI is InChI=1S/C24H24N4O3/c1-28-20-9-5-6-10-21(20)31-14-19(24(28)30)25-23(29)22-17-12-11-16(17)18(26-27-22)13-15-7-3-2-4-8-15/h2-10,16-17,19H,11-14H2,1H3,(H,25,29)/t16?,17?,19-/m0/s1. The second kappa shape index (κ2) is 7.98. The third-order valence-corrected chi connectivity index (χ3v) is 6.37. The largest absolute Gasteiger partial charge is 0.489 e. The minimum atomic E-state index is -0.777. The van der Waals surface area contributed by atoms with Crippen LogP contribution in [0.5, 0.6) is 5.75 Å². The van der Waals surface area contributed by atoms with Crippen molar-refractivity contribution in [2.45, 2.75) is 25.3 Å². The van der Waals surface area contributed by atoms with Gasteiger partial charge >= 0.3 is 0 Å². The number of nitrogens with zero attached hydrogens (tertiary/aromatic N) is 3. The zero-order chi connectivity index (χ0) is 21.4. The van der Waals surface area contributed by atoms with Crippen LogP contribution in [0.4, 0.5) is 5.69 Å². The Morgan fingerprint density at radius 2 is 1.81 bits per heavy atom. The van der Waals surface area contributed by atoms with E-state index in [1.165, 1.54) is 10.5 Å². The molecule has 3 atom stereocenters. The lowest BCUT2D eigenvalue weighted by Gasteiger charge is -2.39. The third kappa shape index (κ3) is 3.60. The van der Waals surface area contributed by atoms with Crippen molar-refractivity contribution < 1.29 is 14.3 Å². The number of para-hydroxylation sites is 2. The van der Waals surface area contributed by atoms with Gasteiger partial charge in [-0.1, -0.05) is 42.5 Å². The van der Waals surface area contributed by atoms with Gasteiger partial charge in [0.1, 0.15) is 24.1 Å². The summed E-state index contributed by atoms with van der Waals surface area (Å²) in [5.41, 5.74) is 3.33. The summed E-state index contributed by atoms with van der Waals surface area (Å²) in [5.74, 6) is 0.380. The first-order valence-electron chi connectivity index (χ1n) is 10.6. The number of amides is 2. The van der Waals surface area contributed by atoms with Crippen LogP contribution in [0.2, 0.25) is 0 Å². The number of fused-ring (bicyclic) bond motifs is 2. The normalized spacial score (nSPS) is 24.5. The van der Waals surface area contributed by atoms with Gasteiger partial charge in [0.25, 0.3) is 11.8 Å². The zero-order valence-corrected chi connectivity index (χ0v) is 17.3. The summed E-state index contributed by atoms with van der Waals surface area (Å²) in [4.78, 5) is 27.5. The Hall–Kier alpha value is -3.48. The molecule has 2 heterocycles. The molecule has 2 unspecified atom stereocenters. The van der Waals surface area contributed by atoms with E-state index in [-0.39, 0.29) is 30.3 Å². The number of carbonyl (C=O) groups is 2. The van der Waals surface area contributed by atoms with Crippen molar-refractivity contribution in [1.29, 1.82) is 0 Å². The van der Waals surface area contributed by atoms with Crippen LogP contribution in [0.15, 0.2) is 64.8 Å². The van der Waals surface area contributed by atoms with Crippen LogP contribution < -0.4 is 15.0 Å². The van der Waals surface area contributed by atoms with Crippen LogP contribution in [0.3, 0.4) is 0 Å². The maximum absolute atomic E-state index is 13.0. The van der Waals surface area contributed by atoms with E-state index in [1.807, 2.05) is 42.5 Å². The Balaban J connectivity index is 1.31. The van der Waals surface area contributed by atoms with E-state index in [9.17, 15) is 9.59 Å². The molecule has 3 aliphatic rings. The molecular formula is C24H24N4O3. The number of ether oxygens (including phenoxy) is 1. The van der Waals surface area contributed by atoms with Gasteiger partial charge in [0.2, 0.25) is 0 Å². The van der Waals surface area contributed by atoms with Gasteiger partial charge in [-0.15, -0.1) is 5.10 Å². The fourth-order valence-corrected chi connectivity index (χ4v) is 4.47. The lowest BCUT2D eigenvalue weighted by Crippen LogP contribution is -2.54. The molecule has 2 aromatic carbocycles. The number of nitrogens with one attached hydrogen (secondary N) is 1. The van der Waals surface area contributed by atoms with Gasteiger partial charge in [0, 0.05) is 31.0 Å². The first-order valence-corrected chi connectivity index (χ1v) is 10.6. The van der Waals surface area contributed by atoms with Crippen LogP contribution >= 0.6 is 0 Å². The minimum absolute atomic E-state index is 0.0629. The Morgan fingerprint density at radius 1 is 1.06 bits per heavy atom. The molecule has 2 aliphatic heterocycles. The molecule has 1 aliphatic carbocycles. The van der Waals surface area contributed by atoms with Crippen LogP contribution in [-0.2, 0) is 16.0 Å². The van der Waals surface area contributed by atoms with Gasteiger partial charge < -0.3 is 15.0 Å². The molecule has 7 heteroatoms. The van der Waals surface area contributed by atoms with E-state index in [1.54, 1.807) is 7.05 Å². The predicted octanol–water partition coefficient (Wildman–Crippen LogP) is 2.61. The van der Waals surface area contributed by atoms with Crippen LogP contribution in [0, 0.1) is 11.8 Å². The Morgan fingerprint density at radius 3 is 2.58 bits per heavy atom. The van der Waals surface area contributed by atoms with Gasteiger partial charge in [-0.05, 0) is 30.5 Å². The topological polar surface area (TPSA) is 83.4 Å². The summed E-state index contributed by atoms with van der Waals surface area (Å²) in [6.45, 7) is 0.0792. The van der Waals surface area contributed by atoms with Crippen molar-refractivity contribution in [3.8, 4) is 5.75 Å². The second-order valence-electron chi connectivity index (χ2n) is 8.23. The zero-order valence-electron chi connectivity index (χ0n) is 17.3. The van der Waals surface area contributed by atoms with Gasteiger partial charge in [-0.2, -0.15) is 5.10 Å². The number of hydrogen-bond donors (Lipinski definition) is 1. The van der Waals surface area contributed by atoms with Crippen molar-refractivity contribution in [1.82, 2.24) is 5.32 Å². The summed E-state index contributed by atoms with van der Waals surface area (Å²) in [5, 5.41) is 11.5. The lowest BCUT2D eigenvalue weighted by molar-refractivity contribution is -0.125. The first kappa shape index (κ1) is 19.5. The molecule has 158 valence electrons. The molecule has 0 radical (unpaired) electrons. The molecule has 0 bridgehead atoms. The fraction of sp³-hybridized carbons (Fsp3) is 0.333. The number of hydrogen-bond acceptors (Lipinski definition) is 5. The highest BCUT2D eigenvalue weighted by Crippen LogP contribution is 2.40. The van der Waals surface area contributed by atoms with Crippen LogP contribution in [0.1, 0.15) is 18.4 Å². The smallest absolute Gasteiger partial charge is 0.268 e. The highest BCUT2D eigenvalue weighted by atomic mass is 16.5. The molecule has 0 spiro atoms. The number of carbonyl (C=O) groups excluding carboxylic acids is 2. The van der Waals surface area contributed by atoms with E-state index < -0.39 is 6.04 Å². The van der Waals surface area contributed by atoms with Gasteiger partial charge in [-0.3, -0.25) is 9.59 Å². The Labute approximate surface area is 180 Å². The van der Waals surface area contributed by atoms with Crippen molar-refractivity contribution in [3.05, 3.63) is 60.2 Å². The minimum Gasteiger partial charge on any atom is -0.489 e. The molecule has 31 heavy (non-hydrogen) atoms. The fourth-order valence-electron chi connectivity index (χ4n) is 4.47. The summed E-state index contributed by atoms with van der Waals surface area (Å²) in [6.07, 6.45) is 2.66. The molecule has 2 aromatic rings. The van der Waals surface area contributed by atoms with E-state index in [2.05, 4.69) is 27.7 Å². The van der Waals surface area contributed by atoms with Crippen LogP contribution in [-0.4, -0.2) is 42.9 Å². The first-order chi connectivity index (χ1) is 15.1. The average Bonchev–Trinajstić information content (AvgIpc) is 2.88. The maximum atomic E-state index is 13.0. The number of benzene rings is 2. The molecular weight excluding hydrogens is 392 g/mol. The highest BCUT2D eigenvalue weighted by Gasteiger charge is 2.44. The molecule has 7 nitrogen and oxygen atoms in total. The van der Waals surface area contributed by atoms with E-state index in [0.717, 1.165) is 25.0 Å². The Bertz CT molecular complexity index is 1080. The third-order valence-electron chi connectivity index (χ3n) is 6.37. The molecule has 5 rings (SSSR count). The Kier molecular flexibility index (Phi) is 5.02. The monoisotopic (exact) mass is 416 g/mol. The summed E-state index contributed by atoms with van der Waals surface area (Å²) in [7, 11) is 1.69. The van der Waals surface area contributed by atoms with Crippen molar-refractivity contribution >= 4 is 28.9 Å². The van der Waals surface area contributed by atoms with Gasteiger partial charge in [0.05, 0.1) is 5.69 Å². The maximum Gasteiger partial charge on any atom is 0.268 e. The number of rotatable bonds is 4. The second-order valence-corrected chi connectivity index (χ2v) is 8.23. The van der Waals surface area contributed by atoms with Gasteiger partial charge in [-0.25, -0.2) is 0 Å². The van der Waals surface area contributed by atoms with Crippen molar-refractivity contribution in [3.63, 3.8) is 0 Å². The van der Waals surface area contributed by atoms with Crippen LogP contribution in [0.25, 0.3) is 0 Å². The van der Waals surface area contributed by atoms with E-state index in [0.29, 0.717) is 17.1 Å². The molecule has 1 N–H and O–H groups in total. The highest BCUT2D eigenvalue weighted by molar-refractivity contribution is 6.41. The molecule has 0 aromatic heterocycles. The number of likely N-dealkylation sites (N-methyl/N-ethyl adjacent to an activating group) is 1. The van der Waals surface area contributed by atoms with E-state index in [4.69, 9.17) is 4.74 Å². The average molecular weight is 416 g/mol. The molecule has 1 saturated carbocycles. The molecule has 2 amide bonds. The van der Waals surface area contributed by atoms with Crippen molar-refractivity contribution in [2.24, 2.45) is 22.0 Å². The summed E-state index contributed by atoms with van der Waals surface area (Å²) >= 11 is 0. The lowest BCUT2D eigenvalue weighted by atomic mass is 9.67. The van der Waals surface area contributed by atoms with Gasteiger partial charge in [0.15, 0.2) is 0 Å².